The molecule has 0 spiro atoms. The fourth-order valence-electron chi connectivity index (χ4n) is 2.79. The number of furan rings is 1. The summed E-state index contributed by atoms with van der Waals surface area (Å²) < 4.78 is 33.9. The molecule has 7 heteroatoms. The Kier molecular flexibility index (Phi) is 5.80. The van der Waals surface area contributed by atoms with E-state index in [0.29, 0.717) is 37.9 Å². The number of nitrogens with one attached hydrogen (secondary N) is 1. The van der Waals surface area contributed by atoms with Crippen LogP contribution in [-0.4, -0.2) is 50.3 Å². The Balaban J connectivity index is 2.07. The zero-order chi connectivity index (χ0) is 15.3. The predicted molar refractivity (Wildman–Crippen MR) is 81.9 cm³/mol. The first kappa shape index (κ1) is 16.5. The third-order valence-electron chi connectivity index (χ3n) is 3.89. The zero-order valence-corrected chi connectivity index (χ0v) is 13.6. The molecular formula is C14H25N3O3S. The summed E-state index contributed by atoms with van der Waals surface area (Å²) in [5.74, 6) is 1.06. The number of piperidine rings is 1. The Morgan fingerprint density at radius 1 is 1.52 bits per heavy atom. The van der Waals surface area contributed by atoms with Crippen LogP contribution >= 0.6 is 0 Å². The number of hydrogen-bond acceptors (Lipinski definition) is 4. The Morgan fingerprint density at radius 3 is 2.95 bits per heavy atom. The van der Waals surface area contributed by atoms with Crippen LogP contribution < -0.4 is 5.32 Å². The van der Waals surface area contributed by atoms with Gasteiger partial charge in [0.1, 0.15) is 5.76 Å². The summed E-state index contributed by atoms with van der Waals surface area (Å²) in [6.45, 7) is 4.65. The van der Waals surface area contributed by atoms with Gasteiger partial charge in [-0.25, -0.2) is 0 Å². The lowest BCUT2D eigenvalue weighted by molar-refractivity contribution is 0.241. The van der Waals surface area contributed by atoms with Crippen molar-refractivity contribution in [2.45, 2.75) is 26.3 Å². The van der Waals surface area contributed by atoms with E-state index in [2.05, 4.69) is 5.32 Å². The van der Waals surface area contributed by atoms with Crippen LogP contribution in [0.4, 0.5) is 0 Å². The molecule has 1 N–H and O–H groups in total. The topological polar surface area (TPSA) is 65.8 Å². The Hall–Kier alpha value is -0.890. The number of hydrogen-bond donors (Lipinski definition) is 1. The molecule has 0 bridgehead atoms. The summed E-state index contributed by atoms with van der Waals surface area (Å²) in [6.07, 6.45) is 3.57. The third-order valence-corrected chi connectivity index (χ3v) is 5.92. The molecule has 0 radical (unpaired) electrons. The first-order valence-electron chi connectivity index (χ1n) is 7.50. The number of nitrogens with zero attached hydrogens (tertiary/aromatic N) is 2. The van der Waals surface area contributed by atoms with Crippen LogP contribution in [0.15, 0.2) is 22.8 Å². The number of rotatable bonds is 7. The van der Waals surface area contributed by atoms with Crippen molar-refractivity contribution in [1.82, 2.24) is 13.9 Å². The van der Waals surface area contributed by atoms with Gasteiger partial charge in [-0.2, -0.15) is 17.0 Å². The first-order valence-corrected chi connectivity index (χ1v) is 8.89. The van der Waals surface area contributed by atoms with Gasteiger partial charge in [-0.3, -0.25) is 0 Å². The zero-order valence-electron chi connectivity index (χ0n) is 12.8. The van der Waals surface area contributed by atoms with Crippen molar-refractivity contribution in [2.75, 3.05) is 33.2 Å². The van der Waals surface area contributed by atoms with E-state index in [-0.39, 0.29) is 0 Å². The largest absolute Gasteiger partial charge is 0.468 e. The average molecular weight is 315 g/mol. The molecule has 1 saturated heterocycles. The molecule has 1 aliphatic rings. The van der Waals surface area contributed by atoms with E-state index in [1.54, 1.807) is 22.7 Å². The highest BCUT2D eigenvalue weighted by atomic mass is 32.2. The summed E-state index contributed by atoms with van der Waals surface area (Å²) in [4.78, 5) is 0. The maximum absolute atomic E-state index is 12.8. The molecule has 120 valence electrons. The fraction of sp³-hybridized carbons (Fsp3) is 0.714. The Bertz CT molecular complexity index is 514. The van der Waals surface area contributed by atoms with Crippen LogP contribution in [0.3, 0.4) is 0 Å². The second kappa shape index (κ2) is 7.40. The van der Waals surface area contributed by atoms with E-state index in [0.717, 1.165) is 19.4 Å². The molecule has 1 aromatic heterocycles. The average Bonchev–Trinajstić information content (AvgIpc) is 2.98. The molecule has 6 nitrogen and oxygen atoms in total. The molecule has 0 amide bonds. The monoisotopic (exact) mass is 315 g/mol. The van der Waals surface area contributed by atoms with Gasteiger partial charge in [0, 0.05) is 19.6 Å². The molecule has 1 atom stereocenters. The van der Waals surface area contributed by atoms with E-state index < -0.39 is 10.2 Å². The van der Waals surface area contributed by atoms with Gasteiger partial charge in [0.25, 0.3) is 10.2 Å². The van der Waals surface area contributed by atoms with Crippen molar-refractivity contribution in [3.05, 3.63) is 24.2 Å². The molecule has 1 aliphatic heterocycles. The molecule has 2 rings (SSSR count). The van der Waals surface area contributed by atoms with E-state index in [4.69, 9.17) is 4.42 Å². The summed E-state index contributed by atoms with van der Waals surface area (Å²) in [7, 11) is -1.52. The molecule has 0 saturated carbocycles. The lowest BCUT2D eigenvalue weighted by Gasteiger charge is -2.35. The highest BCUT2D eigenvalue weighted by molar-refractivity contribution is 7.86. The van der Waals surface area contributed by atoms with Crippen LogP contribution in [0.1, 0.15) is 25.5 Å². The van der Waals surface area contributed by atoms with Gasteiger partial charge in [-0.1, -0.05) is 6.92 Å². The molecule has 1 fully saturated rings. The summed E-state index contributed by atoms with van der Waals surface area (Å²) in [5.41, 5.74) is 0. The van der Waals surface area contributed by atoms with Crippen molar-refractivity contribution in [3.63, 3.8) is 0 Å². The third kappa shape index (κ3) is 4.06. The maximum Gasteiger partial charge on any atom is 0.282 e. The van der Waals surface area contributed by atoms with E-state index in [9.17, 15) is 8.42 Å². The van der Waals surface area contributed by atoms with Crippen molar-refractivity contribution >= 4 is 10.2 Å². The molecule has 0 aliphatic carbocycles. The summed E-state index contributed by atoms with van der Waals surface area (Å²) in [6, 6.07) is 3.58. The molecule has 1 unspecified atom stereocenters. The van der Waals surface area contributed by atoms with Crippen molar-refractivity contribution in [1.29, 1.82) is 0 Å². The fourth-order valence-corrected chi connectivity index (χ4v) is 4.49. The molecule has 0 aromatic carbocycles. The lowest BCUT2D eigenvalue weighted by atomic mass is 10.00. The van der Waals surface area contributed by atoms with E-state index >= 15 is 0 Å². The van der Waals surface area contributed by atoms with Gasteiger partial charge in [0.05, 0.1) is 12.8 Å². The van der Waals surface area contributed by atoms with Gasteiger partial charge in [-0.05, 0) is 44.5 Å². The normalized spacial score (nSPS) is 21.0. The van der Waals surface area contributed by atoms with E-state index in [1.165, 1.54) is 4.31 Å². The van der Waals surface area contributed by atoms with Gasteiger partial charge in [0.15, 0.2) is 0 Å². The molecule has 21 heavy (non-hydrogen) atoms. The van der Waals surface area contributed by atoms with Crippen LogP contribution in [-0.2, 0) is 16.8 Å². The Labute approximate surface area is 127 Å². The minimum absolute atomic E-state index is 0.291. The highest BCUT2D eigenvalue weighted by Crippen LogP contribution is 2.22. The standard InChI is InChI=1S/C14H25N3O3S/c1-3-16(12-14-7-5-9-20-14)21(18,19)17-8-4-6-13(11-17)10-15-2/h5,7,9,13,15H,3-4,6,8,10-12H2,1-2H3. The van der Waals surface area contributed by atoms with Crippen LogP contribution in [0.5, 0.6) is 0 Å². The lowest BCUT2D eigenvalue weighted by Crippen LogP contribution is -2.48. The van der Waals surface area contributed by atoms with Gasteiger partial charge in [-0.15, -0.1) is 0 Å². The predicted octanol–water partition coefficient (Wildman–Crippen LogP) is 1.28. The smallest absolute Gasteiger partial charge is 0.282 e. The second-order valence-electron chi connectivity index (χ2n) is 5.44. The maximum atomic E-state index is 12.8. The van der Waals surface area contributed by atoms with Gasteiger partial charge in [0.2, 0.25) is 0 Å². The molecule has 2 heterocycles. The van der Waals surface area contributed by atoms with Crippen molar-refractivity contribution in [3.8, 4) is 0 Å². The molecular weight excluding hydrogens is 290 g/mol. The second-order valence-corrected chi connectivity index (χ2v) is 7.37. The minimum atomic E-state index is -3.42. The van der Waals surface area contributed by atoms with Crippen molar-refractivity contribution < 1.29 is 12.8 Å². The molecule has 1 aromatic rings. The van der Waals surface area contributed by atoms with Gasteiger partial charge >= 0.3 is 0 Å². The quantitative estimate of drug-likeness (QED) is 0.823. The summed E-state index contributed by atoms with van der Waals surface area (Å²) >= 11 is 0. The van der Waals surface area contributed by atoms with Crippen LogP contribution in [0.2, 0.25) is 0 Å². The van der Waals surface area contributed by atoms with E-state index in [1.807, 2.05) is 14.0 Å². The van der Waals surface area contributed by atoms with Crippen LogP contribution in [0.25, 0.3) is 0 Å². The van der Waals surface area contributed by atoms with Crippen LogP contribution in [0, 0.1) is 5.92 Å². The SMILES string of the molecule is CCN(Cc1ccco1)S(=O)(=O)N1CCCC(CNC)C1. The minimum Gasteiger partial charge on any atom is -0.468 e. The Morgan fingerprint density at radius 2 is 2.33 bits per heavy atom. The highest BCUT2D eigenvalue weighted by Gasteiger charge is 2.33. The van der Waals surface area contributed by atoms with Gasteiger partial charge < -0.3 is 9.73 Å². The summed E-state index contributed by atoms with van der Waals surface area (Å²) in [5, 5.41) is 3.14. The first-order chi connectivity index (χ1) is 10.1. The van der Waals surface area contributed by atoms with Crippen molar-refractivity contribution in [2.24, 2.45) is 5.92 Å².